The molecule has 0 spiro atoms. The second kappa shape index (κ2) is 4.84. The van der Waals surface area contributed by atoms with E-state index < -0.39 is 12.0 Å². The number of aliphatic carboxylic acids is 1. The zero-order valence-electron chi connectivity index (χ0n) is 8.37. The number of carboxylic acid groups (broad SMARTS) is 1. The van der Waals surface area contributed by atoms with E-state index in [0.29, 0.717) is 15.6 Å². The third-order valence-electron chi connectivity index (χ3n) is 1.95. The molecule has 0 unspecified atom stereocenters. The minimum atomic E-state index is -0.932. The van der Waals surface area contributed by atoms with Crippen LogP contribution in [-0.2, 0) is 4.79 Å². The third kappa shape index (κ3) is 3.09. The molecule has 1 N–H and O–H groups in total. The molecule has 82 valence electrons. The van der Waals surface area contributed by atoms with E-state index in [1.165, 1.54) is 0 Å². The van der Waals surface area contributed by atoms with Gasteiger partial charge in [0.15, 0.2) is 0 Å². The topological polar surface area (TPSA) is 40.5 Å². The maximum absolute atomic E-state index is 11.0. The first-order chi connectivity index (χ1) is 6.91. The van der Waals surface area contributed by atoms with Crippen molar-refractivity contribution in [1.82, 2.24) is 4.90 Å². The van der Waals surface area contributed by atoms with E-state index in [1.54, 1.807) is 37.2 Å². The normalized spacial score (nSPS) is 12.9. The van der Waals surface area contributed by atoms with Gasteiger partial charge in [-0.15, -0.1) is 0 Å². The summed E-state index contributed by atoms with van der Waals surface area (Å²) in [6, 6.07) is 4.04. The van der Waals surface area contributed by atoms with Gasteiger partial charge in [-0.2, -0.15) is 0 Å². The molecule has 0 aliphatic rings. The van der Waals surface area contributed by atoms with Crippen molar-refractivity contribution in [3.8, 4) is 0 Å². The highest BCUT2D eigenvalue weighted by Crippen LogP contribution is 2.26. The van der Waals surface area contributed by atoms with Gasteiger partial charge in [-0.1, -0.05) is 23.2 Å². The molecule has 0 aliphatic carbocycles. The molecular formula is C10H11Cl2NO2. The second-order valence-corrected chi connectivity index (χ2v) is 4.28. The Hall–Kier alpha value is -0.770. The van der Waals surface area contributed by atoms with Crippen LogP contribution < -0.4 is 0 Å². The van der Waals surface area contributed by atoms with Gasteiger partial charge < -0.3 is 5.11 Å². The number of hydrogen-bond donors (Lipinski definition) is 1. The molecular weight excluding hydrogens is 237 g/mol. The Morgan fingerprint density at radius 1 is 1.27 bits per heavy atom. The molecule has 3 nitrogen and oxygen atoms in total. The van der Waals surface area contributed by atoms with Crippen LogP contribution >= 0.6 is 23.2 Å². The molecule has 1 atom stereocenters. The largest absolute Gasteiger partial charge is 0.480 e. The van der Waals surface area contributed by atoms with Crippen molar-refractivity contribution in [3.63, 3.8) is 0 Å². The van der Waals surface area contributed by atoms with Crippen molar-refractivity contribution in [3.05, 3.63) is 33.8 Å². The fourth-order valence-corrected chi connectivity index (χ4v) is 1.94. The minimum absolute atomic E-state index is 0.436. The molecule has 0 radical (unpaired) electrons. The third-order valence-corrected chi connectivity index (χ3v) is 2.39. The Balaban J connectivity index is 3.17. The zero-order chi connectivity index (χ0) is 11.6. The Morgan fingerprint density at radius 3 is 2.07 bits per heavy atom. The first-order valence-electron chi connectivity index (χ1n) is 4.27. The number of carbonyl (C=O) groups is 1. The summed E-state index contributed by atoms with van der Waals surface area (Å²) in [6.45, 7) is 0. The van der Waals surface area contributed by atoms with Gasteiger partial charge in [-0.05, 0) is 37.9 Å². The van der Waals surface area contributed by atoms with Crippen molar-refractivity contribution >= 4 is 29.2 Å². The molecule has 1 aromatic carbocycles. The van der Waals surface area contributed by atoms with Gasteiger partial charge in [0, 0.05) is 10.0 Å². The van der Waals surface area contributed by atoms with E-state index in [0.717, 1.165) is 0 Å². The average molecular weight is 248 g/mol. The fourth-order valence-electron chi connectivity index (χ4n) is 1.39. The van der Waals surface area contributed by atoms with E-state index in [2.05, 4.69) is 0 Å². The van der Waals surface area contributed by atoms with Crippen LogP contribution in [0.2, 0.25) is 10.0 Å². The van der Waals surface area contributed by atoms with Crippen LogP contribution in [0.1, 0.15) is 11.6 Å². The predicted molar refractivity (Wildman–Crippen MR) is 60.5 cm³/mol. The molecule has 0 heterocycles. The fraction of sp³-hybridized carbons (Fsp3) is 0.300. The monoisotopic (exact) mass is 247 g/mol. The van der Waals surface area contributed by atoms with Crippen molar-refractivity contribution in [2.24, 2.45) is 0 Å². The second-order valence-electron chi connectivity index (χ2n) is 3.41. The molecule has 1 rings (SSSR count). The van der Waals surface area contributed by atoms with Gasteiger partial charge in [0.25, 0.3) is 0 Å². The highest BCUT2D eigenvalue weighted by molar-refractivity contribution is 6.34. The van der Waals surface area contributed by atoms with Crippen LogP contribution in [0.15, 0.2) is 18.2 Å². The van der Waals surface area contributed by atoms with Crippen LogP contribution in [0.5, 0.6) is 0 Å². The Labute approximate surface area is 98.2 Å². The average Bonchev–Trinajstić information content (AvgIpc) is 1.99. The van der Waals surface area contributed by atoms with E-state index in [1.807, 2.05) is 0 Å². The van der Waals surface area contributed by atoms with Gasteiger partial charge in [0.2, 0.25) is 0 Å². The van der Waals surface area contributed by atoms with Crippen LogP contribution in [-0.4, -0.2) is 30.1 Å². The molecule has 15 heavy (non-hydrogen) atoms. The maximum atomic E-state index is 11.0. The predicted octanol–water partition coefficient (Wildman–Crippen LogP) is 2.68. The summed E-state index contributed by atoms with van der Waals surface area (Å²) in [7, 11) is 3.38. The van der Waals surface area contributed by atoms with E-state index >= 15 is 0 Å². The number of likely N-dealkylation sites (N-methyl/N-ethyl adjacent to an activating group) is 1. The number of halogens is 2. The lowest BCUT2D eigenvalue weighted by molar-refractivity contribution is -0.142. The quantitative estimate of drug-likeness (QED) is 0.893. The molecule has 0 bridgehead atoms. The summed E-state index contributed by atoms with van der Waals surface area (Å²) in [5.74, 6) is -0.932. The molecule has 1 aromatic rings. The van der Waals surface area contributed by atoms with Crippen LogP contribution in [0.4, 0.5) is 0 Å². The lowest BCUT2D eigenvalue weighted by atomic mass is 10.1. The lowest BCUT2D eigenvalue weighted by Gasteiger charge is -2.20. The van der Waals surface area contributed by atoms with Gasteiger partial charge in [-0.3, -0.25) is 9.69 Å². The minimum Gasteiger partial charge on any atom is -0.480 e. The van der Waals surface area contributed by atoms with Gasteiger partial charge >= 0.3 is 5.97 Å². The van der Waals surface area contributed by atoms with Crippen molar-refractivity contribution < 1.29 is 9.90 Å². The SMILES string of the molecule is CN(C)[C@H](C(=O)O)c1cc(Cl)cc(Cl)c1. The summed E-state index contributed by atoms with van der Waals surface area (Å²) in [4.78, 5) is 12.6. The van der Waals surface area contributed by atoms with Crippen LogP contribution in [0.25, 0.3) is 0 Å². The molecule has 5 heteroatoms. The maximum Gasteiger partial charge on any atom is 0.325 e. The van der Waals surface area contributed by atoms with Crippen LogP contribution in [0.3, 0.4) is 0 Å². The number of carboxylic acids is 1. The molecule has 0 fully saturated rings. The van der Waals surface area contributed by atoms with Gasteiger partial charge in [-0.25, -0.2) is 0 Å². The number of rotatable bonds is 3. The summed E-state index contributed by atoms with van der Waals surface area (Å²) < 4.78 is 0. The van der Waals surface area contributed by atoms with Crippen molar-refractivity contribution in [2.45, 2.75) is 6.04 Å². The summed E-state index contributed by atoms with van der Waals surface area (Å²) in [5.41, 5.74) is 0.574. The van der Waals surface area contributed by atoms with Crippen molar-refractivity contribution in [2.75, 3.05) is 14.1 Å². The summed E-state index contributed by atoms with van der Waals surface area (Å²) in [6.07, 6.45) is 0. The van der Waals surface area contributed by atoms with E-state index in [9.17, 15) is 4.79 Å². The van der Waals surface area contributed by atoms with Crippen molar-refractivity contribution in [1.29, 1.82) is 0 Å². The van der Waals surface area contributed by atoms with Crippen LogP contribution in [0, 0.1) is 0 Å². The van der Waals surface area contributed by atoms with E-state index in [4.69, 9.17) is 28.3 Å². The number of hydrogen-bond acceptors (Lipinski definition) is 2. The molecule has 0 aromatic heterocycles. The number of benzene rings is 1. The molecule has 0 saturated heterocycles. The molecule has 0 saturated carbocycles. The zero-order valence-corrected chi connectivity index (χ0v) is 9.88. The highest BCUT2D eigenvalue weighted by atomic mass is 35.5. The number of nitrogens with zero attached hydrogens (tertiary/aromatic N) is 1. The smallest absolute Gasteiger partial charge is 0.325 e. The summed E-state index contributed by atoms with van der Waals surface area (Å²) in [5, 5.41) is 9.92. The first kappa shape index (κ1) is 12.3. The highest BCUT2D eigenvalue weighted by Gasteiger charge is 2.22. The van der Waals surface area contributed by atoms with E-state index in [-0.39, 0.29) is 0 Å². The summed E-state index contributed by atoms with van der Waals surface area (Å²) >= 11 is 11.6. The van der Waals surface area contributed by atoms with Gasteiger partial charge in [0.05, 0.1) is 0 Å². The molecule has 0 aliphatic heterocycles. The van der Waals surface area contributed by atoms with Gasteiger partial charge in [0.1, 0.15) is 6.04 Å². The Kier molecular flexibility index (Phi) is 3.97. The Bertz CT molecular complexity index is 359. The Morgan fingerprint density at radius 2 is 1.73 bits per heavy atom. The standard InChI is InChI=1S/C10H11Cl2NO2/c1-13(2)9(10(14)15)6-3-7(11)5-8(12)4-6/h3-5,9H,1-2H3,(H,14,15)/t9-/m0/s1. The molecule has 0 amide bonds. The lowest BCUT2D eigenvalue weighted by Crippen LogP contribution is -2.27. The first-order valence-corrected chi connectivity index (χ1v) is 5.02.